The summed E-state index contributed by atoms with van der Waals surface area (Å²) in [5.41, 5.74) is 7.29. The third kappa shape index (κ3) is 8.96. The van der Waals surface area contributed by atoms with Crippen LogP contribution in [0.4, 0.5) is 4.39 Å². The summed E-state index contributed by atoms with van der Waals surface area (Å²) in [4.78, 5) is 0. The smallest absolute Gasteiger partial charge is 0.116 e. The molecule has 0 aromatic heterocycles. The molecule has 3 N–H and O–H groups in total. The standard InChI is InChI=1S/C14H25FN2O/c1-3-7-13(10-15)8-5-6-9-14(11-16)17-12-18-4-2/h3,7-9,17H,4-6,10-12,16H2,1-2H3/b7-3?,13-8+,14-9+. The van der Waals surface area contributed by atoms with Crippen molar-refractivity contribution in [2.24, 2.45) is 5.73 Å². The number of ether oxygens (including phenoxy) is 1. The maximum atomic E-state index is 12.5. The highest BCUT2D eigenvalue weighted by molar-refractivity contribution is 5.18. The average molecular weight is 256 g/mol. The molecule has 0 heterocycles. The molecule has 3 nitrogen and oxygen atoms in total. The summed E-state index contributed by atoms with van der Waals surface area (Å²) in [5, 5.41) is 3.10. The summed E-state index contributed by atoms with van der Waals surface area (Å²) >= 11 is 0. The molecule has 0 unspecified atom stereocenters. The molecule has 0 fully saturated rings. The molecule has 0 radical (unpaired) electrons. The molecule has 0 amide bonds. The summed E-state index contributed by atoms with van der Waals surface area (Å²) < 4.78 is 17.7. The highest BCUT2D eigenvalue weighted by Crippen LogP contribution is 2.04. The molecule has 0 aliphatic heterocycles. The summed E-state index contributed by atoms with van der Waals surface area (Å²) in [5.74, 6) is 0. The van der Waals surface area contributed by atoms with E-state index in [0.29, 0.717) is 19.9 Å². The van der Waals surface area contributed by atoms with Crippen LogP contribution in [0.15, 0.2) is 35.6 Å². The Hall–Kier alpha value is -1.13. The maximum absolute atomic E-state index is 12.5. The first-order chi connectivity index (χ1) is 8.78. The van der Waals surface area contributed by atoms with E-state index in [4.69, 9.17) is 10.5 Å². The van der Waals surface area contributed by atoms with Gasteiger partial charge in [0.1, 0.15) is 13.4 Å². The molecule has 4 heteroatoms. The Morgan fingerprint density at radius 1 is 1.33 bits per heavy atom. The SMILES string of the molecule is CC=C/C(=C\CC/C=C(\CN)NCOCC)CF. The highest BCUT2D eigenvalue weighted by Gasteiger charge is 1.93. The van der Waals surface area contributed by atoms with Gasteiger partial charge in [0, 0.05) is 18.8 Å². The fourth-order valence-corrected chi connectivity index (χ4v) is 1.38. The van der Waals surface area contributed by atoms with Crippen molar-refractivity contribution in [1.29, 1.82) is 0 Å². The van der Waals surface area contributed by atoms with E-state index < -0.39 is 6.67 Å². The Morgan fingerprint density at radius 3 is 2.61 bits per heavy atom. The fourth-order valence-electron chi connectivity index (χ4n) is 1.38. The molecule has 0 rings (SSSR count). The van der Waals surface area contributed by atoms with Crippen molar-refractivity contribution < 1.29 is 9.13 Å². The van der Waals surface area contributed by atoms with Crippen molar-refractivity contribution in [3.63, 3.8) is 0 Å². The molecule has 104 valence electrons. The maximum Gasteiger partial charge on any atom is 0.116 e. The Morgan fingerprint density at radius 2 is 2.06 bits per heavy atom. The van der Waals surface area contributed by atoms with E-state index in [2.05, 4.69) is 5.32 Å². The van der Waals surface area contributed by atoms with Gasteiger partial charge in [-0.1, -0.05) is 24.3 Å². The first-order valence-corrected chi connectivity index (χ1v) is 6.36. The van der Waals surface area contributed by atoms with Crippen LogP contribution in [0.2, 0.25) is 0 Å². The van der Waals surface area contributed by atoms with Crippen LogP contribution in [0.25, 0.3) is 0 Å². The summed E-state index contributed by atoms with van der Waals surface area (Å²) in [6.07, 6.45) is 9.22. The Bertz CT molecular complexity index is 286. The van der Waals surface area contributed by atoms with Gasteiger partial charge in [0.05, 0.1) is 0 Å². The predicted octanol–water partition coefficient (Wildman–Crippen LogP) is 2.66. The molecule has 0 aromatic carbocycles. The van der Waals surface area contributed by atoms with Gasteiger partial charge in [-0.15, -0.1) is 0 Å². The Labute approximate surface area is 110 Å². The first kappa shape index (κ1) is 16.9. The minimum atomic E-state index is -0.416. The molecule has 18 heavy (non-hydrogen) atoms. The molecule has 0 aliphatic rings. The number of hydrogen-bond donors (Lipinski definition) is 2. The number of unbranched alkanes of at least 4 members (excludes halogenated alkanes) is 1. The fraction of sp³-hybridized carbons (Fsp3) is 0.571. The molecule has 0 atom stereocenters. The zero-order chi connectivity index (χ0) is 13.6. The number of rotatable bonds is 10. The van der Waals surface area contributed by atoms with E-state index in [-0.39, 0.29) is 0 Å². The number of alkyl halides is 1. The van der Waals surface area contributed by atoms with Crippen molar-refractivity contribution in [3.8, 4) is 0 Å². The lowest BCUT2D eigenvalue weighted by Gasteiger charge is -2.08. The number of halogens is 1. The van der Waals surface area contributed by atoms with Crippen LogP contribution < -0.4 is 11.1 Å². The molecular weight excluding hydrogens is 231 g/mol. The second-order valence-electron chi connectivity index (χ2n) is 3.74. The van der Waals surface area contributed by atoms with Crippen LogP contribution in [0.1, 0.15) is 26.7 Å². The topological polar surface area (TPSA) is 47.3 Å². The lowest BCUT2D eigenvalue weighted by molar-refractivity contribution is 0.135. The highest BCUT2D eigenvalue weighted by atomic mass is 19.1. The average Bonchev–Trinajstić information content (AvgIpc) is 2.40. The molecule has 0 bridgehead atoms. The molecule has 0 saturated heterocycles. The van der Waals surface area contributed by atoms with E-state index >= 15 is 0 Å². The molecule has 0 aromatic rings. The van der Waals surface area contributed by atoms with Crippen molar-refractivity contribution in [1.82, 2.24) is 5.32 Å². The van der Waals surface area contributed by atoms with Gasteiger partial charge in [-0.2, -0.15) is 0 Å². The van der Waals surface area contributed by atoms with Crippen LogP contribution >= 0.6 is 0 Å². The normalized spacial score (nSPS) is 13.3. The van der Waals surface area contributed by atoms with Gasteiger partial charge in [0.15, 0.2) is 0 Å². The van der Waals surface area contributed by atoms with Gasteiger partial charge in [0.25, 0.3) is 0 Å². The minimum absolute atomic E-state index is 0.416. The third-order valence-electron chi connectivity index (χ3n) is 2.32. The molecular formula is C14H25FN2O. The van der Waals surface area contributed by atoms with E-state index in [9.17, 15) is 4.39 Å². The quantitative estimate of drug-likeness (QED) is 0.359. The van der Waals surface area contributed by atoms with Crippen LogP contribution in [0, 0.1) is 0 Å². The number of hydrogen-bond acceptors (Lipinski definition) is 3. The first-order valence-electron chi connectivity index (χ1n) is 6.36. The van der Waals surface area contributed by atoms with E-state index in [1.165, 1.54) is 0 Å². The summed E-state index contributed by atoms with van der Waals surface area (Å²) in [6, 6.07) is 0. The van der Waals surface area contributed by atoms with E-state index in [0.717, 1.165) is 24.1 Å². The van der Waals surface area contributed by atoms with Crippen LogP contribution in [0.3, 0.4) is 0 Å². The van der Waals surface area contributed by atoms with Gasteiger partial charge >= 0.3 is 0 Å². The van der Waals surface area contributed by atoms with Gasteiger partial charge in [-0.25, -0.2) is 4.39 Å². The predicted molar refractivity (Wildman–Crippen MR) is 74.9 cm³/mol. The van der Waals surface area contributed by atoms with Gasteiger partial charge in [0.2, 0.25) is 0 Å². The van der Waals surface area contributed by atoms with Crippen molar-refractivity contribution in [2.75, 3.05) is 26.6 Å². The minimum Gasteiger partial charge on any atom is -0.365 e. The Kier molecular flexibility index (Phi) is 11.6. The van der Waals surface area contributed by atoms with Crippen LogP contribution in [-0.2, 0) is 4.74 Å². The van der Waals surface area contributed by atoms with Gasteiger partial charge in [-0.05, 0) is 32.3 Å². The molecule has 0 spiro atoms. The van der Waals surface area contributed by atoms with Crippen LogP contribution in [-0.4, -0.2) is 26.6 Å². The van der Waals surface area contributed by atoms with E-state index in [1.807, 2.05) is 32.1 Å². The third-order valence-corrected chi connectivity index (χ3v) is 2.32. The van der Waals surface area contributed by atoms with E-state index in [1.54, 1.807) is 6.08 Å². The Balaban J connectivity index is 4.02. The zero-order valence-corrected chi connectivity index (χ0v) is 11.4. The number of allylic oxidation sites excluding steroid dienone is 5. The molecule has 0 aliphatic carbocycles. The summed E-state index contributed by atoms with van der Waals surface area (Å²) in [6.45, 7) is 5.02. The number of nitrogens with one attached hydrogen (secondary N) is 1. The number of nitrogens with two attached hydrogens (primary N) is 1. The van der Waals surface area contributed by atoms with Gasteiger partial charge in [-0.3, -0.25) is 0 Å². The van der Waals surface area contributed by atoms with Crippen LogP contribution in [0.5, 0.6) is 0 Å². The largest absolute Gasteiger partial charge is 0.365 e. The van der Waals surface area contributed by atoms with Crippen molar-refractivity contribution in [2.45, 2.75) is 26.7 Å². The van der Waals surface area contributed by atoms with Crippen molar-refractivity contribution in [3.05, 3.63) is 35.6 Å². The second kappa shape index (κ2) is 12.3. The zero-order valence-electron chi connectivity index (χ0n) is 11.4. The second-order valence-corrected chi connectivity index (χ2v) is 3.74. The van der Waals surface area contributed by atoms with Crippen molar-refractivity contribution >= 4 is 0 Å². The summed E-state index contributed by atoms with van der Waals surface area (Å²) in [7, 11) is 0. The monoisotopic (exact) mass is 256 g/mol. The lowest BCUT2D eigenvalue weighted by Crippen LogP contribution is -2.23. The lowest BCUT2D eigenvalue weighted by atomic mass is 10.2. The van der Waals surface area contributed by atoms with Gasteiger partial charge < -0.3 is 15.8 Å². The molecule has 0 saturated carbocycles.